The number of hydrogen-bond donors (Lipinski definition) is 3. The van der Waals surface area contributed by atoms with Gasteiger partial charge >= 0.3 is 0 Å². The highest BCUT2D eigenvalue weighted by Crippen LogP contribution is 2.23. The average molecular weight is 424 g/mol. The molecule has 8 nitrogen and oxygen atoms in total. The molecule has 0 aliphatic carbocycles. The molecule has 0 saturated heterocycles. The van der Waals surface area contributed by atoms with Crippen LogP contribution in [-0.2, 0) is 11.8 Å². The summed E-state index contributed by atoms with van der Waals surface area (Å²) >= 11 is 0. The van der Waals surface area contributed by atoms with Gasteiger partial charge in [0.1, 0.15) is 17.6 Å². The highest BCUT2D eigenvalue weighted by molar-refractivity contribution is 6.43. The number of nitrogens with zero attached hydrogens (tertiary/aromatic N) is 2. The summed E-state index contributed by atoms with van der Waals surface area (Å²) in [5.41, 5.74) is 0.824. The maximum atomic E-state index is 13.5. The van der Waals surface area contributed by atoms with E-state index in [1.54, 1.807) is 20.0 Å². The van der Waals surface area contributed by atoms with Crippen LogP contribution >= 0.6 is 0 Å². The van der Waals surface area contributed by atoms with Gasteiger partial charge in [-0.25, -0.2) is 4.39 Å². The predicted molar refractivity (Wildman–Crippen MR) is 111 cm³/mol. The molecule has 1 heterocycles. The van der Waals surface area contributed by atoms with Crippen LogP contribution in [0, 0.1) is 43.3 Å². The first-order valence-corrected chi connectivity index (χ1v) is 9.25. The molecule has 0 saturated carbocycles. The van der Waals surface area contributed by atoms with Crippen molar-refractivity contribution >= 4 is 23.3 Å². The molecule has 0 spiro atoms. The molecule has 1 atom stereocenters. The molecule has 3 N–H and O–H groups in total. The fourth-order valence-corrected chi connectivity index (χ4v) is 3.18. The van der Waals surface area contributed by atoms with Gasteiger partial charge in [0, 0.05) is 31.5 Å². The van der Waals surface area contributed by atoms with Crippen molar-refractivity contribution in [3.63, 3.8) is 0 Å². The third-order valence-electron chi connectivity index (χ3n) is 4.85. The average Bonchev–Trinajstić information content (AvgIpc) is 2.96. The molecule has 31 heavy (non-hydrogen) atoms. The predicted octanol–water partition coefficient (Wildman–Crippen LogP) is 1.59. The maximum absolute atomic E-state index is 13.5. The van der Waals surface area contributed by atoms with Crippen molar-refractivity contribution in [2.75, 3.05) is 11.9 Å². The number of carbonyl (C=O) groups excluding carboxylic acids is 3. The number of benzene rings is 1. The first-order valence-electron chi connectivity index (χ1n) is 9.25. The van der Waals surface area contributed by atoms with Gasteiger partial charge in [-0.3, -0.25) is 14.4 Å². The zero-order valence-electron chi connectivity index (χ0n) is 17.2. The molecule has 0 radical (unpaired) electrons. The van der Waals surface area contributed by atoms with Gasteiger partial charge in [-0.1, -0.05) is 5.92 Å². The van der Waals surface area contributed by atoms with E-state index in [1.807, 2.05) is 0 Å². The van der Waals surface area contributed by atoms with Crippen LogP contribution in [0.5, 0.6) is 0 Å². The number of hydrogen-bond acceptors (Lipinski definition) is 5. The lowest BCUT2D eigenvalue weighted by atomic mass is 10.0. The molecule has 2 rings (SSSR count). The van der Waals surface area contributed by atoms with Crippen molar-refractivity contribution in [2.24, 2.45) is 7.05 Å². The lowest BCUT2D eigenvalue weighted by molar-refractivity contribution is -0.117. The second-order valence-corrected chi connectivity index (χ2v) is 6.79. The standard InChI is InChI=1S/C22H21FN4O4/c1-5-15(8-9-28)25-22(31)20(29)18-12(2)19(27(4)13(18)3)21(30)26-16-6-7-17(23)14(10-16)11-24/h1,6-7,10,15,28H,8-9H2,2-4H3,(H,25,31)(H,26,30)/t15-/m1/s1. The fraction of sp³-hybridized carbons (Fsp3) is 0.273. The SMILES string of the molecule is C#C[C@H](CCO)NC(=O)C(=O)c1c(C)c(C(=O)Nc2ccc(F)c(C#N)c2)n(C)c1C. The minimum atomic E-state index is -0.947. The summed E-state index contributed by atoms with van der Waals surface area (Å²) in [6, 6.07) is 4.45. The fourth-order valence-electron chi connectivity index (χ4n) is 3.18. The molecule has 0 aliphatic rings. The van der Waals surface area contributed by atoms with Gasteiger partial charge in [0.25, 0.3) is 17.6 Å². The van der Waals surface area contributed by atoms with E-state index >= 15 is 0 Å². The Morgan fingerprint density at radius 1 is 1.32 bits per heavy atom. The topological polar surface area (TPSA) is 124 Å². The Balaban J connectivity index is 2.34. The van der Waals surface area contributed by atoms with Gasteiger partial charge in [-0.15, -0.1) is 6.42 Å². The van der Waals surface area contributed by atoms with Crippen LogP contribution in [0.25, 0.3) is 0 Å². The van der Waals surface area contributed by atoms with Gasteiger partial charge in [-0.2, -0.15) is 5.26 Å². The zero-order valence-corrected chi connectivity index (χ0v) is 17.2. The van der Waals surface area contributed by atoms with E-state index in [1.165, 1.54) is 23.6 Å². The molecule has 9 heteroatoms. The Morgan fingerprint density at radius 2 is 2.00 bits per heavy atom. The molecule has 0 fully saturated rings. The summed E-state index contributed by atoms with van der Waals surface area (Å²) in [4.78, 5) is 37.9. The zero-order chi connectivity index (χ0) is 23.3. The molecule has 2 aromatic rings. The van der Waals surface area contributed by atoms with E-state index in [0.717, 1.165) is 6.07 Å². The minimum Gasteiger partial charge on any atom is -0.396 e. The summed E-state index contributed by atoms with van der Waals surface area (Å²) in [5.74, 6) is -0.838. The minimum absolute atomic E-state index is 0.0572. The van der Waals surface area contributed by atoms with E-state index in [-0.39, 0.29) is 41.1 Å². The number of ketones is 1. The number of aliphatic hydroxyl groups excluding tert-OH is 1. The van der Waals surface area contributed by atoms with Crippen LogP contribution in [0.1, 0.15) is 44.1 Å². The Bertz CT molecular complexity index is 1140. The number of anilines is 1. The van der Waals surface area contributed by atoms with Crippen molar-refractivity contribution < 1.29 is 23.9 Å². The van der Waals surface area contributed by atoms with E-state index < -0.39 is 29.5 Å². The lowest BCUT2D eigenvalue weighted by Gasteiger charge is -2.11. The van der Waals surface area contributed by atoms with Crippen LogP contribution in [0.2, 0.25) is 0 Å². The Labute approximate surface area is 178 Å². The molecule has 2 amide bonds. The lowest BCUT2D eigenvalue weighted by Crippen LogP contribution is -2.39. The van der Waals surface area contributed by atoms with Gasteiger partial charge in [0.15, 0.2) is 0 Å². The van der Waals surface area contributed by atoms with E-state index in [9.17, 15) is 18.8 Å². The summed E-state index contributed by atoms with van der Waals surface area (Å²) < 4.78 is 15.0. The molecular weight excluding hydrogens is 403 g/mol. The number of halogens is 1. The Morgan fingerprint density at radius 3 is 2.58 bits per heavy atom. The molecule has 160 valence electrons. The van der Waals surface area contributed by atoms with Crippen molar-refractivity contribution in [1.29, 1.82) is 5.26 Å². The Kier molecular flexibility index (Phi) is 7.30. The summed E-state index contributed by atoms with van der Waals surface area (Å²) in [6.07, 6.45) is 5.38. The van der Waals surface area contributed by atoms with Crippen molar-refractivity contribution in [2.45, 2.75) is 26.3 Å². The second kappa shape index (κ2) is 9.70. The highest BCUT2D eigenvalue weighted by Gasteiger charge is 2.29. The molecule has 0 aliphatic heterocycles. The van der Waals surface area contributed by atoms with Crippen LogP contribution in [0.15, 0.2) is 18.2 Å². The molecule has 0 unspecified atom stereocenters. The van der Waals surface area contributed by atoms with E-state index in [4.69, 9.17) is 16.8 Å². The number of nitrogens with one attached hydrogen (secondary N) is 2. The normalized spacial score (nSPS) is 11.2. The van der Waals surface area contributed by atoms with Crippen LogP contribution in [0.4, 0.5) is 10.1 Å². The van der Waals surface area contributed by atoms with Crippen LogP contribution < -0.4 is 10.6 Å². The summed E-state index contributed by atoms with van der Waals surface area (Å²) in [6.45, 7) is 2.86. The van der Waals surface area contributed by atoms with Gasteiger partial charge in [0.2, 0.25) is 0 Å². The van der Waals surface area contributed by atoms with Crippen LogP contribution in [-0.4, -0.2) is 39.9 Å². The van der Waals surface area contributed by atoms with E-state index in [2.05, 4.69) is 16.6 Å². The van der Waals surface area contributed by atoms with Crippen molar-refractivity contribution in [3.05, 3.63) is 52.1 Å². The smallest absolute Gasteiger partial charge is 0.293 e. The van der Waals surface area contributed by atoms with Crippen molar-refractivity contribution in [3.8, 4) is 18.4 Å². The molecule has 1 aromatic heterocycles. The Hall–Kier alpha value is -3.95. The number of aliphatic hydroxyl groups is 1. The quantitative estimate of drug-likeness (QED) is 0.354. The number of nitriles is 1. The number of amides is 2. The third-order valence-corrected chi connectivity index (χ3v) is 4.85. The first-order chi connectivity index (χ1) is 14.7. The third kappa shape index (κ3) is 4.80. The summed E-state index contributed by atoms with van der Waals surface area (Å²) in [7, 11) is 1.56. The van der Waals surface area contributed by atoms with Gasteiger partial charge in [-0.05, 0) is 37.6 Å². The molecular formula is C22H21FN4O4. The molecule has 1 aromatic carbocycles. The molecule has 0 bridgehead atoms. The maximum Gasteiger partial charge on any atom is 0.293 e. The van der Waals surface area contributed by atoms with Gasteiger partial charge < -0.3 is 20.3 Å². The number of aromatic nitrogens is 1. The van der Waals surface area contributed by atoms with Crippen molar-refractivity contribution in [1.82, 2.24) is 9.88 Å². The number of Topliss-reactive ketones (excluding diaryl/α,β-unsaturated/α-hetero) is 1. The van der Waals surface area contributed by atoms with E-state index in [0.29, 0.717) is 5.69 Å². The number of carbonyl (C=O) groups is 3. The van der Waals surface area contributed by atoms with Gasteiger partial charge in [0.05, 0.1) is 17.2 Å². The largest absolute Gasteiger partial charge is 0.396 e. The first kappa shape index (κ1) is 23.3. The second-order valence-electron chi connectivity index (χ2n) is 6.79. The highest BCUT2D eigenvalue weighted by atomic mass is 19.1. The monoisotopic (exact) mass is 424 g/mol. The number of rotatable bonds is 7. The number of terminal acetylenes is 1. The van der Waals surface area contributed by atoms with Crippen LogP contribution in [0.3, 0.4) is 0 Å². The summed E-state index contributed by atoms with van der Waals surface area (Å²) in [5, 5.41) is 22.9.